The Bertz CT molecular complexity index is 591. The van der Waals surface area contributed by atoms with Crippen LogP contribution in [0, 0.1) is 13.8 Å². The molecule has 0 aliphatic heterocycles. The molecule has 0 saturated carbocycles. The molecule has 0 amide bonds. The van der Waals surface area contributed by atoms with Crippen molar-refractivity contribution in [2.24, 2.45) is 0 Å². The third-order valence-corrected chi connectivity index (χ3v) is 3.24. The predicted octanol–water partition coefficient (Wildman–Crippen LogP) is 4.56. The van der Waals surface area contributed by atoms with Gasteiger partial charge in [0.05, 0.1) is 10.6 Å². The van der Waals surface area contributed by atoms with Crippen molar-refractivity contribution in [1.29, 1.82) is 0 Å². The third kappa shape index (κ3) is 2.39. The highest BCUT2D eigenvalue weighted by Gasteiger charge is 2.10. The number of hydrogen-bond acceptors (Lipinski definition) is 2. The van der Waals surface area contributed by atoms with Crippen LogP contribution in [0.3, 0.4) is 0 Å². The molecule has 0 fully saturated rings. The summed E-state index contributed by atoms with van der Waals surface area (Å²) in [5, 5.41) is 0.396. The van der Waals surface area contributed by atoms with Gasteiger partial charge in [0.15, 0.2) is 6.29 Å². The minimum Gasteiger partial charge on any atom is -0.456 e. The van der Waals surface area contributed by atoms with Crippen molar-refractivity contribution in [2.75, 3.05) is 0 Å². The van der Waals surface area contributed by atoms with Crippen molar-refractivity contribution in [3.63, 3.8) is 0 Å². The molecule has 2 nitrogen and oxygen atoms in total. The number of carbonyl (C=O) groups excluding carboxylic acids is 1. The summed E-state index contributed by atoms with van der Waals surface area (Å²) in [6.45, 7) is 4.00. The number of ether oxygens (including phenoxy) is 1. The molecule has 2 aromatic rings. The van der Waals surface area contributed by atoms with Gasteiger partial charge in [-0.25, -0.2) is 0 Å². The quantitative estimate of drug-likeness (QED) is 0.756. The molecule has 0 N–H and O–H groups in total. The van der Waals surface area contributed by atoms with Gasteiger partial charge in [-0.2, -0.15) is 0 Å². The molecule has 0 bridgehead atoms. The summed E-state index contributed by atoms with van der Waals surface area (Å²) in [7, 11) is 0. The van der Waals surface area contributed by atoms with Gasteiger partial charge in [-0.05, 0) is 43.2 Å². The molecule has 0 aliphatic rings. The highest BCUT2D eigenvalue weighted by Crippen LogP contribution is 2.31. The summed E-state index contributed by atoms with van der Waals surface area (Å²) >= 11 is 5.96. The van der Waals surface area contributed by atoms with Crippen LogP contribution < -0.4 is 4.74 Å². The smallest absolute Gasteiger partial charge is 0.155 e. The molecule has 2 aromatic carbocycles. The number of carbonyl (C=O) groups is 1. The normalized spacial score (nSPS) is 10.2. The average Bonchev–Trinajstić information content (AvgIpc) is 2.35. The lowest BCUT2D eigenvalue weighted by molar-refractivity contribution is 0.112. The maximum atomic E-state index is 11.0. The van der Waals surface area contributed by atoms with E-state index >= 15 is 0 Å². The Hall–Kier alpha value is -1.80. The van der Waals surface area contributed by atoms with Crippen molar-refractivity contribution < 1.29 is 9.53 Å². The summed E-state index contributed by atoms with van der Waals surface area (Å²) in [5.41, 5.74) is 2.57. The Labute approximate surface area is 111 Å². The molecule has 0 aromatic heterocycles. The van der Waals surface area contributed by atoms with Gasteiger partial charge in [0.25, 0.3) is 0 Å². The van der Waals surface area contributed by atoms with Crippen LogP contribution in [0.5, 0.6) is 11.5 Å². The second-order valence-corrected chi connectivity index (χ2v) is 4.48. The van der Waals surface area contributed by atoms with Gasteiger partial charge in [-0.15, -0.1) is 0 Å². The minimum absolute atomic E-state index is 0.375. The van der Waals surface area contributed by atoms with Crippen LogP contribution in [0.15, 0.2) is 36.4 Å². The zero-order valence-corrected chi connectivity index (χ0v) is 11.0. The van der Waals surface area contributed by atoms with Crippen molar-refractivity contribution in [1.82, 2.24) is 0 Å². The molecule has 3 heteroatoms. The van der Waals surface area contributed by atoms with Crippen LogP contribution in [0.4, 0.5) is 0 Å². The fourth-order valence-corrected chi connectivity index (χ4v) is 1.88. The maximum absolute atomic E-state index is 11.0. The number of aryl methyl sites for hydroxylation is 1. The lowest BCUT2D eigenvalue weighted by atomic mass is 10.1. The molecule has 0 radical (unpaired) electrons. The Kier molecular flexibility index (Phi) is 3.68. The number of rotatable bonds is 3. The molecular weight excluding hydrogens is 248 g/mol. The summed E-state index contributed by atoms with van der Waals surface area (Å²) in [6.07, 6.45) is 0.711. The first-order valence-corrected chi connectivity index (χ1v) is 5.99. The van der Waals surface area contributed by atoms with E-state index in [1.165, 1.54) is 0 Å². The molecule has 18 heavy (non-hydrogen) atoms. The molecule has 0 saturated heterocycles. The van der Waals surface area contributed by atoms with Crippen molar-refractivity contribution >= 4 is 17.9 Å². The standard InChI is InChI=1S/C15H13ClO2/c1-10-5-3-7-14(11(10)2)18-15-8-4-6-13(16)12(15)9-17/h3-9H,1-2H3. The zero-order chi connectivity index (χ0) is 13.1. The predicted molar refractivity (Wildman–Crippen MR) is 72.8 cm³/mol. The van der Waals surface area contributed by atoms with Crippen LogP contribution in [0.1, 0.15) is 21.5 Å². The molecule has 0 heterocycles. The zero-order valence-electron chi connectivity index (χ0n) is 10.2. The first kappa shape index (κ1) is 12.7. The molecular formula is C15H13ClO2. The third-order valence-electron chi connectivity index (χ3n) is 2.91. The maximum Gasteiger partial charge on any atom is 0.155 e. The fourth-order valence-electron chi connectivity index (χ4n) is 1.67. The van der Waals surface area contributed by atoms with E-state index in [1.807, 2.05) is 32.0 Å². The molecule has 92 valence electrons. The van der Waals surface area contributed by atoms with Crippen LogP contribution in [0.2, 0.25) is 5.02 Å². The van der Waals surface area contributed by atoms with E-state index in [-0.39, 0.29) is 0 Å². The van der Waals surface area contributed by atoms with Crippen molar-refractivity contribution in [3.05, 3.63) is 58.1 Å². The number of benzene rings is 2. The van der Waals surface area contributed by atoms with Crippen molar-refractivity contribution in [2.45, 2.75) is 13.8 Å². The van der Waals surface area contributed by atoms with Gasteiger partial charge in [0.1, 0.15) is 11.5 Å². The number of halogens is 1. The lowest BCUT2D eigenvalue weighted by Crippen LogP contribution is -1.94. The molecule has 0 unspecified atom stereocenters. The molecule has 0 atom stereocenters. The Morgan fingerprint density at radius 1 is 1.06 bits per heavy atom. The first-order valence-electron chi connectivity index (χ1n) is 5.61. The van der Waals surface area contributed by atoms with E-state index in [0.29, 0.717) is 22.6 Å². The van der Waals surface area contributed by atoms with Gasteiger partial charge >= 0.3 is 0 Å². The number of hydrogen-bond donors (Lipinski definition) is 0. The van der Waals surface area contributed by atoms with Crippen LogP contribution in [0.25, 0.3) is 0 Å². The van der Waals surface area contributed by atoms with E-state index in [9.17, 15) is 4.79 Å². The van der Waals surface area contributed by atoms with Crippen molar-refractivity contribution in [3.8, 4) is 11.5 Å². The Balaban J connectivity index is 2.43. The monoisotopic (exact) mass is 260 g/mol. The number of aldehydes is 1. The van der Waals surface area contributed by atoms with E-state index in [0.717, 1.165) is 16.9 Å². The first-order chi connectivity index (χ1) is 8.63. The van der Waals surface area contributed by atoms with Gasteiger partial charge in [-0.1, -0.05) is 29.8 Å². The van der Waals surface area contributed by atoms with E-state index in [1.54, 1.807) is 18.2 Å². The topological polar surface area (TPSA) is 26.3 Å². The summed E-state index contributed by atoms with van der Waals surface area (Å²) in [4.78, 5) is 11.0. The van der Waals surface area contributed by atoms with Gasteiger partial charge in [0, 0.05) is 0 Å². The summed E-state index contributed by atoms with van der Waals surface area (Å²) in [6, 6.07) is 11.0. The van der Waals surface area contributed by atoms with Gasteiger partial charge in [-0.3, -0.25) is 4.79 Å². The van der Waals surface area contributed by atoms with E-state index in [2.05, 4.69) is 0 Å². The average molecular weight is 261 g/mol. The molecule has 2 rings (SSSR count). The van der Waals surface area contributed by atoms with Crippen LogP contribution in [-0.4, -0.2) is 6.29 Å². The summed E-state index contributed by atoms with van der Waals surface area (Å²) < 4.78 is 5.78. The Morgan fingerprint density at radius 3 is 2.44 bits per heavy atom. The summed E-state index contributed by atoms with van der Waals surface area (Å²) in [5.74, 6) is 1.21. The fraction of sp³-hybridized carbons (Fsp3) is 0.133. The SMILES string of the molecule is Cc1cccc(Oc2cccc(Cl)c2C=O)c1C. The molecule has 0 spiro atoms. The largest absolute Gasteiger partial charge is 0.456 e. The Morgan fingerprint density at radius 2 is 1.72 bits per heavy atom. The van der Waals surface area contributed by atoms with E-state index < -0.39 is 0 Å². The lowest BCUT2D eigenvalue weighted by Gasteiger charge is -2.12. The second kappa shape index (κ2) is 5.23. The van der Waals surface area contributed by atoms with E-state index in [4.69, 9.17) is 16.3 Å². The van der Waals surface area contributed by atoms with Gasteiger partial charge < -0.3 is 4.74 Å². The highest BCUT2D eigenvalue weighted by atomic mass is 35.5. The molecule has 0 aliphatic carbocycles. The van der Waals surface area contributed by atoms with Crippen LogP contribution in [-0.2, 0) is 0 Å². The highest BCUT2D eigenvalue weighted by molar-refractivity contribution is 6.33. The van der Waals surface area contributed by atoms with Crippen LogP contribution >= 0.6 is 11.6 Å². The minimum atomic E-state index is 0.375. The van der Waals surface area contributed by atoms with Gasteiger partial charge in [0.2, 0.25) is 0 Å². The second-order valence-electron chi connectivity index (χ2n) is 4.07.